The molecule has 0 spiro atoms. The molecule has 8 nitrogen and oxygen atoms in total. The summed E-state index contributed by atoms with van der Waals surface area (Å²) in [6, 6.07) is 8.87. The van der Waals surface area contributed by atoms with Gasteiger partial charge in [0.1, 0.15) is 11.9 Å². The summed E-state index contributed by atoms with van der Waals surface area (Å²) in [5, 5.41) is 15.8. The number of para-hydroxylation sites is 1. The summed E-state index contributed by atoms with van der Waals surface area (Å²) in [5.41, 5.74) is 6.69. The van der Waals surface area contributed by atoms with Crippen molar-refractivity contribution in [1.82, 2.24) is 15.2 Å². The van der Waals surface area contributed by atoms with Crippen LogP contribution < -0.4 is 16.4 Å². The van der Waals surface area contributed by atoms with Crippen LogP contribution in [-0.4, -0.2) is 40.2 Å². The largest absolute Gasteiger partial charge is 0.394 e. The minimum atomic E-state index is -1.02. The number of fused-ring (bicyclic) bond motifs is 1. The third kappa shape index (κ3) is 5.63. The van der Waals surface area contributed by atoms with E-state index >= 15 is 0 Å². The molecule has 1 aliphatic carbocycles. The van der Waals surface area contributed by atoms with Crippen LogP contribution in [0.4, 0.5) is 9.18 Å². The van der Waals surface area contributed by atoms with Gasteiger partial charge in [0, 0.05) is 17.1 Å². The molecule has 1 saturated carbocycles. The fraction of sp³-hybridized carbons (Fsp3) is 0.320. The first kappa shape index (κ1) is 24.7. The Balaban J connectivity index is 1.49. The number of primary amides is 1. The molecule has 5 N–H and O–H groups in total. The Labute approximate surface area is 206 Å². The number of rotatable bonds is 9. The minimum Gasteiger partial charge on any atom is -0.394 e. The molecule has 2 atom stereocenters. The number of amides is 3. The Hall–Kier alpha value is -3.43. The summed E-state index contributed by atoms with van der Waals surface area (Å²) in [4.78, 5) is 37.8. The van der Waals surface area contributed by atoms with Crippen LogP contribution in [0.1, 0.15) is 36.4 Å². The second-order valence-electron chi connectivity index (χ2n) is 8.74. The zero-order valence-corrected chi connectivity index (χ0v) is 19.6. The molecule has 0 aliphatic heterocycles. The molecule has 1 aromatic heterocycles. The van der Waals surface area contributed by atoms with Crippen LogP contribution in [0, 0.1) is 11.7 Å². The van der Waals surface area contributed by atoms with Gasteiger partial charge in [0.2, 0.25) is 11.8 Å². The van der Waals surface area contributed by atoms with E-state index < -0.39 is 42.4 Å². The van der Waals surface area contributed by atoms with Crippen molar-refractivity contribution in [2.45, 2.75) is 37.8 Å². The van der Waals surface area contributed by atoms with Crippen LogP contribution >= 0.6 is 11.6 Å². The summed E-state index contributed by atoms with van der Waals surface area (Å²) in [7, 11) is 0. The van der Waals surface area contributed by atoms with Crippen molar-refractivity contribution >= 4 is 40.3 Å². The molecule has 10 heteroatoms. The Morgan fingerprint density at radius 3 is 2.57 bits per heavy atom. The third-order valence-corrected chi connectivity index (χ3v) is 6.45. The van der Waals surface area contributed by atoms with Crippen molar-refractivity contribution in [3.63, 3.8) is 0 Å². The molecule has 0 saturated heterocycles. The Morgan fingerprint density at radius 2 is 1.89 bits per heavy atom. The number of nitrogens with two attached hydrogens (primary N) is 1. The van der Waals surface area contributed by atoms with Gasteiger partial charge >= 0.3 is 6.03 Å². The Bertz CT molecular complexity index is 1270. The molecule has 35 heavy (non-hydrogen) atoms. The quantitative estimate of drug-likeness (QED) is 0.360. The highest BCUT2D eigenvalue weighted by atomic mass is 35.5. The van der Waals surface area contributed by atoms with Gasteiger partial charge in [-0.15, -0.1) is 0 Å². The zero-order chi connectivity index (χ0) is 25.1. The first-order valence-electron chi connectivity index (χ1n) is 11.3. The van der Waals surface area contributed by atoms with Gasteiger partial charge in [-0.3, -0.25) is 14.2 Å². The van der Waals surface area contributed by atoms with Crippen molar-refractivity contribution in [1.29, 1.82) is 0 Å². The Morgan fingerprint density at radius 1 is 1.14 bits per heavy atom. The van der Waals surface area contributed by atoms with Crippen LogP contribution in [0.3, 0.4) is 0 Å². The summed E-state index contributed by atoms with van der Waals surface area (Å²) in [5.74, 6) is -1.35. The van der Waals surface area contributed by atoms with Gasteiger partial charge in [0.25, 0.3) is 0 Å². The molecule has 0 unspecified atom stereocenters. The summed E-state index contributed by atoms with van der Waals surface area (Å²) >= 11 is 5.84. The first-order chi connectivity index (χ1) is 16.8. The van der Waals surface area contributed by atoms with E-state index in [1.54, 1.807) is 24.3 Å². The molecule has 1 aliphatic rings. The van der Waals surface area contributed by atoms with Gasteiger partial charge in [-0.1, -0.05) is 54.8 Å². The topological polar surface area (TPSA) is 126 Å². The lowest BCUT2D eigenvalue weighted by molar-refractivity contribution is -0.129. The molecular weight excluding hydrogens is 475 g/mol. The van der Waals surface area contributed by atoms with E-state index in [1.807, 2.05) is 0 Å². The van der Waals surface area contributed by atoms with E-state index in [0.717, 1.165) is 12.8 Å². The lowest BCUT2D eigenvalue weighted by Crippen LogP contribution is -2.49. The fourth-order valence-electron chi connectivity index (χ4n) is 4.19. The molecule has 0 bridgehead atoms. The normalized spacial score (nSPS) is 14.9. The van der Waals surface area contributed by atoms with Crippen LogP contribution in [0.5, 0.6) is 0 Å². The van der Waals surface area contributed by atoms with Gasteiger partial charge in [0.05, 0.1) is 29.6 Å². The predicted molar refractivity (Wildman–Crippen MR) is 129 cm³/mol. The van der Waals surface area contributed by atoms with E-state index in [4.69, 9.17) is 17.3 Å². The van der Waals surface area contributed by atoms with Crippen molar-refractivity contribution in [3.05, 3.63) is 70.6 Å². The average molecular weight is 501 g/mol. The highest BCUT2D eigenvalue weighted by molar-refractivity contribution is 6.30. The molecule has 1 fully saturated rings. The number of hydrogen-bond donors (Lipinski definition) is 4. The molecular formula is C25H26ClFN4O4. The highest BCUT2D eigenvalue weighted by Gasteiger charge is 2.32. The van der Waals surface area contributed by atoms with Crippen LogP contribution in [0.15, 0.2) is 48.7 Å². The smallest absolute Gasteiger partial charge is 0.323 e. The summed E-state index contributed by atoms with van der Waals surface area (Å²) < 4.78 is 15.7. The number of nitrogens with zero attached hydrogens (tertiary/aromatic N) is 1. The number of aromatic nitrogens is 1. The fourth-order valence-corrected chi connectivity index (χ4v) is 4.38. The van der Waals surface area contributed by atoms with Crippen LogP contribution in [0.2, 0.25) is 5.02 Å². The van der Waals surface area contributed by atoms with Crippen LogP contribution in [-0.2, 0) is 16.0 Å². The lowest BCUT2D eigenvalue weighted by atomic mass is 10.0. The highest BCUT2D eigenvalue weighted by Crippen LogP contribution is 2.34. The third-order valence-electron chi connectivity index (χ3n) is 6.16. The number of aliphatic hydroxyl groups excluding tert-OH is 1. The Kier molecular flexibility index (Phi) is 7.37. The molecule has 3 amide bonds. The van der Waals surface area contributed by atoms with Crippen molar-refractivity contribution < 1.29 is 23.9 Å². The van der Waals surface area contributed by atoms with Crippen LogP contribution in [0.25, 0.3) is 10.9 Å². The number of nitrogens with one attached hydrogen (secondary N) is 2. The van der Waals surface area contributed by atoms with Crippen molar-refractivity contribution in [2.75, 3.05) is 6.61 Å². The number of benzene rings is 2. The van der Waals surface area contributed by atoms with E-state index in [-0.39, 0.29) is 17.0 Å². The van der Waals surface area contributed by atoms with E-state index in [9.17, 15) is 23.9 Å². The summed E-state index contributed by atoms with van der Waals surface area (Å²) in [6.07, 6.45) is 3.79. The molecule has 0 radical (unpaired) electrons. The second kappa shape index (κ2) is 10.5. The predicted octanol–water partition coefficient (Wildman–Crippen LogP) is 3.04. The number of halogens is 2. The van der Waals surface area contributed by atoms with E-state index in [0.29, 0.717) is 28.8 Å². The van der Waals surface area contributed by atoms with Gasteiger partial charge in [-0.05, 0) is 30.0 Å². The maximum absolute atomic E-state index is 14.5. The van der Waals surface area contributed by atoms with Crippen molar-refractivity contribution in [3.8, 4) is 0 Å². The van der Waals surface area contributed by atoms with E-state index in [1.165, 1.54) is 29.0 Å². The average Bonchev–Trinajstić information content (AvgIpc) is 3.58. The molecule has 3 aromatic rings. The van der Waals surface area contributed by atoms with Gasteiger partial charge in [-0.25, -0.2) is 9.18 Å². The number of carbonyl (C=O) groups is 3. The monoisotopic (exact) mass is 500 g/mol. The number of hydrogen-bond acceptors (Lipinski definition) is 4. The summed E-state index contributed by atoms with van der Waals surface area (Å²) in [6.45, 7) is -0.542. The standard InChI is InChI=1S/C25H26ClFN4O4/c26-18-6-3-5-17(23(18)27)20(13-32)30-24(34)19(10-14-8-9-14)29-22(33)11-15-12-31(25(28)35)21-7-2-1-4-16(15)21/h1-7,12,14,19-20,32H,8-11,13H2,(H2,28,35)(H,29,33)(H,30,34)/t19-,20+/m0/s1. The van der Waals surface area contributed by atoms with Gasteiger partial charge < -0.3 is 21.5 Å². The first-order valence-corrected chi connectivity index (χ1v) is 11.7. The molecule has 184 valence electrons. The van der Waals surface area contributed by atoms with Gasteiger partial charge in [0.15, 0.2) is 0 Å². The zero-order valence-electron chi connectivity index (χ0n) is 18.8. The number of aliphatic hydroxyl groups is 1. The lowest BCUT2D eigenvalue weighted by Gasteiger charge is -2.23. The molecule has 2 aromatic carbocycles. The second-order valence-corrected chi connectivity index (χ2v) is 9.15. The maximum atomic E-state index is 14.5. The van der Waals surface area contributed by atoms with Gasteiger partial charge in [-0.2, -0.15) is 0 Å². The minimum absolute atomic E-state index is 0.0594. The van der Waals surface area contributed by atoms with Crippen molar-refractivity contribution in [2.24, 2.45) is 11.7 Å². The molecule has 1 heterocycles. The number of carbonyl (C=O) groups excluding carboxylic acids is 3. The maximum Gasteiger partial charge on any atom is 0.323 e. The molecule has 4 rings (SSSR count). The van der Waals surface area contributed by atoms with E-state index in [2.05, 4.69) is 10.6 Å². The SMILES string of the molecule is NC(=O)n1cc(CC(=O)N[C@@H](CC2CC2)C(=O)N[C@H](CO)c2cccc(Cl)c2F)c2ccccc21.